The van der Waals surface area contributed by atoms with Gasteiger partial charge in [-0.15, -0.1) is 0 Å². The number of aryl methyl sites for hydroxylation is 1. The fraction of sp³-hybridized carbons (Fsp3) is 0.300. The average Bonchev–Trinajstić information content (AvgIpc) is 3.11. The molecule has 2 aromatic rings. The maximum absolute atomic E-state index is 14.6. The van der Waals surface area contributed by atoms with Crippen LogP contribution in [0, 0.1) is 12.7 Å². The Kier molecular flexibility index (Phi) is 6.11. The van der Waals surface area contributed by atoms with Crippen LogP contribution in [0.15, 0.2) is 35.7 Å². The second kappa shape index (κ2) is 8.52. The monoisotopic (exact) mass is 383 g/mol. The van der Waals surface area contributed by atoms with E-state index >= 15 is 0 Å². The van der Waals surface area contributed by atoms with Crippen LogP contribution in [0.1, 0.15) is 35.2 Å². The van der Waals surface area contributed by atoms with Crippen LogP contribution in [-0.2, 0) is 17.8 Å². The lowest BCUT2D eigenvalue weighted by Gasteiger charge is -2.14. The molecule has 0 aliphatic heterocycles. The first kappa shape index (κ1) is 19.4. The summed E-state index contributed by atoms with van der Waals surface area (Å²) >= 11 is 1.33. The Hall–Kier alpha value is -2.41. The first-order chi connectivity index (χ1) is 13.0. The molecule has 0 saturated carbocycles. The van der Waals surface area contributed by atoms with Gasteiger partial charge in [-0.25, -0.2) is 4.39 Å². The van der Waals surface area contributed by atoms with Crippen LogP contribution in [0.4, 0.5) is 4.39 Å². The third-order valence-corrected chi connectivity index (χ3v) is 5.18. The number of aromatic nitrogens is 1. The summed E-state index contributed by atoms with van der Waals surface area (Å²) < 4.78 is 24.7. The van der Waals surface area contributed by atoms with E-state index in [-0.39, 0.29) is 24.6 Å². The molecule has 3 rings (SSSR count). The number of nitrogens with zero attached hydrogens (tertiary/aromatic N) is 1. The van der Waals surface area contributed by atoms with Gasteiger partial charge in [-0.1, -0.05) is 30.1 Å². The second-order valence-corrected chi connectivity index (χ2v) is 7.08. The summed E-state index contributed by atoms with van der Waals surface area (Å²) in [5.74, 6) is -1.17. The summed E-state index contributed by atoms with van der Waals surface area (Å²) in [4.78, 5) is 10.7. The Balaban J connectivity index is 1.71. The molecule has 1 atom stereocenters. The van der Waals surface area contributed by atoms with Crippen molar-refractivity contribution in [3.05, 3.63) is 63.9 Å². The van der Waals surface area contributed by atoms with Crippen LogP contribution in [0.3, 0.4) is 0 Å². The molecule has 1 aromatic heterocycles. The highest BCUT2D eigenvalue weighted by Crippen LogP contribution is 2.30. The molecular weight excluding hydrogens is 364 g/mol. The Morgan fingerprint density at radius 2 is 2.26 bits per heavy atom. The lowest BCUT2D eigenvalue weighted by Crippen LogP contribution is -2.04. The minimum absolute atomic E-state index is 0.0310. The van der Waals surface area contributed by atoms with E-state index in [2.05, 4.69) is 4.37 Å². The topological polar surface area (TPSA) is 59.4 Å². The zero-order valence-corrected chi connectivity index (χ0v) is 15.8. The summed E-state index contributed by atoms with van der Waals surface area (Å²) in [6, 6.07) is 3.27. The molecule has 0 bridgehead atoms. The number of hydrogen-bond donors (Lipinski definition) is 1. The highest BCUT2D eigenvalue weighted by molar-refractivity contribution is 7.03. The fourth-order valence-corrected chi connectivity index (χ4v) is 3.58. The van der Waals surface area contributed by atoms with E-state index in [4.69, 9.17) is 17.7 Å². The minimum Gasteiger partial charge on any atom is -0.486 e. The number of carboxylic acid groups (broad SMARTS) is 1. The van der Waals surface area contributed by atoms with Crippen molar-refractivity contribution in [1.82, 2.24) is 4.37 Å². The molecule has 1 heterocycles. The molecule has 1 aliphatic rings. The highest BCUT2D eigenvalue weighted by atomic mass is 32.1. The number of aliphatic carboxylic acids is 1. The van der Waals surface area contributed by atoms with Gasteiger partial charge in [0.15, 0.2) is 11.6 Å². The molecular formula is C20H19BFNO3S. The Morgan fingerprint density at radius 1 is 1.44 bits per heavy atom. The van der Waals surface area contributed by atoms with Gasteiger partial charge in [0.05, 0.1) is 13.5 Å². The number of hydrogen-bond acceptors (Lipinski definition) is 4. The number of benzene rings is 1. The molecule has 1 aromatic carbocycles. The molecule has 0 spiro atoms. The SMILES string of the molecule is [B]C1C=CC(c2nscc2COc2ccc(CCC(=O)O)c(C)c2F)=CC1. The first-order valence-electron chi connectivity index (χ1n) is 8.66. The minimum atomic E-state index is -0.903. The highest BCUT2D eigenvalue weighted by Gasteiger charge is 2.16. The second-order valence-electron chi connectivity index (χ2n) is 6.45. The normalized spacial score (nSPS) is 16.2. The maximum atomic E-state index is 14.6. The van der Waals surface area contributed by atoms with Crippen molar-refractivity contribution in [1.29, 1.82) is 0 Å². The molecule has 4 nitrogen and oxygen atoms in total. The molecule has 0 saturated heterocycles. The van der Waals surface area contributed by atoms with Crippen LogP contribution < -0.4 is 4.74 Å². The van der Waals surface area contributed by atoms with E-state index < -0.39 is 11.8 Å². The van der Waals surface area contributed by atoms with E-state index in [9.17, 15) is 9.18 Å². The third-order valence-electron chi connectivity index (χ3n) is 4.50. The number of halogens is 1. The number of allylic oxidation sites excluding steroid dienone is 4. The van der Waals surface area contributed by atoms with Crippen molar-refractivity contribution in [2.75, 3.05) is 0 Å². The summed E-state index contributed by atoms with van der Waals surface area (Å²) in [6.07, 6.45) is 6.96. The summed E-state index contributed by atoms with van der Waals surface area (Å²) in [7, 11) is 5.86. The molecule has 1 unspecified atom stereocenters. The van der Waals surface area contributed by atoms with E-state index in [0.29, 0.717) is 17.5 Å². The number of carboxylic acids is 1. The van der Waals surface area contributed by atoms with Crippen LogP contribution in [0.25, 0.3) is 5.57 Å². The summed E-state index contributed by atoms with van der Waals surface area (Å²) in [5.41, 5.74) is 3.81. The predicted molar refractivity (Wildman–Crippen MR) is 105 cm³/mol. The lowest BCUT2D eigenvalue weighted by atomic mass is 9.80. The zero-order valence-electron chi connectivity index (χ0n) is 14.9. The smallest absolute Gasteiger partial charge is 0.303 e. The molecule has 27 heavy (non-hydrogen) atoms. The van der Waals surface area contributed by atoms with E-state index in [1.807, 2.05) is 23.6 Å². The predicted octanol–water partition coefficient (Wildman–Crippen LogP) is 4.49. The summed E-state index contributed by atoms with van der Waals surface area (Å²) in [6.45, 7) is 1.84. The van der Waals surface area contributed by atoms with Crippen molar-refractivity contribution >= 4 is 30.9 Å². The maximum Gasteiger partial charge on any atom is 0.303 e. The average molecular weight is 383 g/mol. The van der Waals surface area contributed by atoms with Crippen molar-refractivity contribution in [2.24, 2.45) is 0 Å². The van der Waals surface area contributed by atoms with Gasteiger partial charge in [-0.05, 0) is 54.1 Å². The van der Waals surface area contributed by atoms with Crippen molar-refractivity contribution < 1.29 is 19.0 Å². The van der Waals surface area contributed by atoms with E-state index in [1.165, 1.54) is 11.5 Å². The van der Waals surface area contributed by atoms with Gasteiger partial charge in [0, 0.05) is 17.4 Å². The van der Waals surface area contributed by atoms with Crippen LogP contribution >= 0.6 is 11.5 Å². The molecule has 7 heteroatoms. The van der Waals surface area contributed by atoms with E-state index in [1.54, 1.807) is 19.1 Å². The molecule has 1 N–H and O–H groups in total. The van der Waals surface area contributed by atoms with Gasteiger partial charge < -0.3 is 9.84 Å². The summed E-state index contributed by atoms with van der Waals surface area (Å²) in [5, 5.41) is 10.7. The molecule has 138 valence electrons. The molecule has 2 radical (unpaired) electrons. The first-order valence-corrected chi connectivity index (χ1v) is 9.49. The van der Waals surface area contributed by atoms with Crippen molar-refractivity contribution in [3.63, 3.8) is 0 Å². The zero-order chi connectivity index (χ0) is 19.4. The van der Waals surface area contributed by atoms with Crippen molar-refractivity contribution in [3.8, 4) is 5.75 Å². The Bertz CT molecular complexity index is 907. The lowest BCUT2D eigenvalue weighted by molar-refractivity contribution is -0.136. The Labute approximate surface area is 163 Å². The quantitative estimate of drug-likeness (QED) is 0.716. The van der Waals surface area contributed by atoms with Gasteiger partial charge in [0.1, 0.15) is 6.61 Å². The molecule has 0 fully saturated rings. The largest absolute Gasteiger partial charge is 0.486 e. The van der Waals surface area contributed by atoms with Crippen LogP contribution in [0.5, 0.6) is 5.75 Å². The number of ether oxygens (including phenoxy) is 1. The van der Waals surface area contributed by atoms with Crippen LogP contribution in [-0.4, -0.2) is 23.3 Å². The third kappa shape index (κ3) is 4.66. The standard InChI is InChI=1S/C20H19BFNO3S/c1-12-13(5-9-18(24)25)4-8-17(19(12)22)26-10-15-11-27-23-20(15)14-2-6-16(21)7-3-14/h2-4,6,8,11,16H,5,7,9-10H2,1H3,(H,24,25). The van der Waals surface area contributed by atoms with E-state index in [0.717, 1.165) is 23.3 Å². The molecule has 1 aliphatic carbocycles. The Morgan fingerprint density at radius 3 is 2.96 bits per heavy atom. The van der Waals surface area contributed by atoms with Gasteiger partial charge in [0.25, 0.3) is 0 Å². The number of rotatable bonds is 7. The number of carbonyl (C=O) groups is 1. The van der Waals surface area contributed by atoms with Gasteiger partial charge in [0.2, 0.25) is 0 Å². The van der Waals surface area contributed by atoms with Gasteiger partial charge in [-0.3, -0.25) is 4.79 Å². The fourth-order valence-electron chi connectivity index (χ4n) is 2.89. The van der Waals surface area contributed by atoms with Crippen LogP contribution in [0.2, 0.25) is 5.82 Å². The molecule has 0 amide bonds. The van der Waals surface area contributed by atoms with Gasteiger partial charge in [-0.2, -0.15) is 4.37 Å². The van der Waals surface area contributed by atoms with Gasteiger partial charge >= 0.3 is 5.97 Å². The van der Waals surface area contributed by atoms with Crippen molar-refractivity contribution in [2.45, 2.75) is 38.6 Å².